The van der Waals surface area contributed by atoms with Crippen molar-refractivity contribution >= 4 is 28.7 Å². The van der Waals surface area contributed by atoms with Crippen LogP contribution in [-0.2, 0) is 0 Å². The SMILES string of the molecule is S=CSc1cnc[nH]1. The largest absolute Gasteiger partial charge is 0.340 e. The zero-order valence-corrected chi connectivity index (χ0v) is 5.63. The quantitative estimate of drug-likeness (QED) is 0.503. The maximum atomic E-state index is 4.59. The Morgan fingerprint density at radius 1 is 1.88 bits per heavy atom. The van der Waals surface area contributed by atoms with Gasteiger partial charge in [-0.3, -0.25) is 0 Å². The molecule has 0 unspecified atom stereocenters. The van der Waals surface area contributed by atoms with Crippen LogP contribution < -0.4 is 0 Å². The zero-order valence-electron chi connectivity index (χ0n) is 4.00. The van der Waals surface area contributed by atoms with Crippen LogP contribution in [0.1, 0.15) is 0 Å². The Bertz CT molecular complexity index is 159. The average molecular weight is 144 g/mol. The van der Waals surface area contributed by atoms with Crippen LogP contribution >= 0.6 is 24.0 Å². The van der Waals surface area contributed by atoms with Gasteiger partial charge in [0.1, 0.15) is 0 Å². The average Bonchev–Trinajstić information content (AvgIpc) is 2.19. The van der Waals surface area contributed by atoms with Gasteiger partial charge >= 0.3 is 0 Å². The van der Waals surface area contributed by atoms with Gasteiger partial charge in [0.15, 0.2) is 0 Å². The van der Waals surface area contributed by atoms with Gasteiger partial charge in [0.05, 0.1) is 17.6 Å². The zero-order chi connectivity index (χ0) is 5.82. The number of hydrogen-bond donors (Lipinski definition) is 1. The highest BCUT2D eigenvalue weighted by Crippen LogP contribution is 2.08. The third-order valence-corrected chi connectivity index (χ3v) is 1.51. The topological polar surface area (TPSA) is 28.7 Å². The van der Waals surface area contributed by atoms with Gasteiger partial charge in [-0.1, -0.05) is 24.0 Å². The van der Waals surface area contributed by atoms with E-state index in [0.29, 0.717) is 0 Å². The molecule has 1 N–H and O–H groups in total. The van der Waals surface area contributed by atoms with Gasteiger partial charge in [0.25, 0.3) is 0 Å². The van der Waals surface area contributed by atoms with E-state index >= 15 is 0 Å². The highest BCUT2D eigenvalue weighted by Gasteiger charge is 1.86. The van der Waals surface area contributed by atoms with Crippen LogP contribution in [0.2, 0.25) is 0 Å². The molecule has 0 spiro atoms. The second kappa shape index (κ2) is 2.84. The molecule has 4 heteroatoms. The molecule has 0 aromatic carbocycles. The molecule has 1 rings (SSSR count). The first kappa shape index (κ1) is 5.78. The molecule has 42 valence electrons. The molecule has 0 saturated carbocycles. The van der Waals surface area contributed by atoms with E-state index in [1.165, 1.54) is 11.8 Å². The van der Waals surface area contributed by atoms with Crippen LogP contribution in [0.15, 0.2) is 17.6 Å². The number of rotatable bonds is 2. The highest BCUT2D eigenvalue weighted by atomic mass is 32.2. The van der Waals surface area contributed by atoms with Crippen molar-refractivity contribution < 1.29 is 0 Å². The molecule has 0 saturated heterocycles. The molecular formula is C4H4N2S2. The summed E-state index contributed by atoms with van der Waals surface area (Å²) in [5.74, 6) is 0. The molecule has 0 aliphatic carbocycles. The van der Waals surface area contributed by atoms with Gasteiger partial charge in [-0.25, -0.2) is 4.98 Å². The first-order valence-electron chi connectivity index (χ1n) is 2.02. The lowest BCUT2D eigenvalue weighted by Gasteiger charge is -1.80. The van der Waals surface area contributed by atoms with Crippen LogP contribution in [0.4, 0.5) is 0 Å². The molecule has 2 nitrogen and oxygen atoms in total. The number of hydrogen-bond acceptors (Lipinski definition) is 3. The van der Waals surface area contributed by atoms with Gasteiger partial charge in [0.2, 0.25) is 0 Å². The first-order valence-corrected chi connectivity index (χ1v) is 3.37. The standard InChI is InChI=1S/C4H4N2S2/c7-3-8-4-1-5-2-6-4/h1-3H,(H,5,6). The summed E-state index contributed by atoms with van der Waals surface area (Å²) >= 11 is 6.04. The van der Waals surface area contributed by atoms with E-state index in [1.807, 2.05) is 0 Å². The molecule has 0 aliphatic heterocycles. The maximum Gasteiger partial charge on any atom is 0.0970 e. The van der Waals surface area contributed by atoms with Gasteiger partial charge in [0, 0.05) is 4.70 Å². The van der Waals surface area contributed by atoms with Crippen LogP contribution in [0.25, 0.3) is 0 Å². The van der Waals surface area contributed by atoms with Crippen LogP contribution in [0.5, 0.6) is 0 Å². The Hall–Kier alpha value is -0.350. The number of H-pyrrole nitrogens is 1. The summed E-state index contributed by atoms with van der Waals surface area (Å²) in [4.78, 5) is 6.69. The fourth-order valence-electron chi connectivity index (χ4n) is 0.359. The van der Waals surface area contributed by atoms with Gasteiger partial charge < -0.3 is 4.98 Å². The first-order chi connectivity index (χ1) is 3.93. The van der Waals surface area contributed by atoms with Crippen molar-refractivity contribution in [3.05, 3.63) is 12.5 Å². The number of thioether (sulfide) groups is 1. The summed E-state index contributed by atoms with van der Waals surface area (Å²) in [5.41, 5.74) is 0. The van der Waals surface area contributed by atoms with Gasteiger partial charge in [-0.05, 0) is 0 Å². The van der Waals surface area contributed by atoms with E-state index in [9.17, 15) is 0 Å². The second-order valence-corrected chi connectivity index (χ2v) is 2.58. The Kier molecular flexibility index (Phi) is 2.05. The number of aromatic amines is 1. The maximum absolute atomic E-state index is 4.59. The molecule has 0 atom stereocenters. The molecule has 0 radical (unpaired) electrons. The van der Waals surface area contributed by atoms with Gasteiger partial charge in [-0.2, -0.15) is 0 Å². The fraction of sp³-hybridized carbons (Fsp3) is 0. The molecule has 0 amide bonds. The molecule has 8 heavy (non-hydrogen) atoms. The summed E-state index contributed by atoms with van der Waals surface area (Å²) in [6.07, 6.45) is 3.36. The minimum absolute atomic E-state index is 0.986. The Morgan fingerprint density at radius 2 is 2.75 bits per heavy atom. The highest BCUT2D eigenvalue weighted by molar-refractivity contribution is 8.20. The van der Waals surface area contributed by atoms with Crippen molar-refractivity contribution in [2.45, 2.75) is 5.03 Å². The van der Waals surface area contributed by atoms with E-state index in [4.69, 9.17) is 0 Å². The molecule has 1 heterocycles. The lowest BCUT2D eigenvalue weighted by molar-refractivity contribution is 1.21. The van der Waals surface area contributed by atoms with Crippen LogP contribution in [0, 0.1) is 0 Å². The molecule has 0 bridgehead atoms. The molecule has 1 aromatic rings. The van der Waals surface area contributed by atoms with E-state index in [2.05, 4.69) is 22.2 Å². The number of imidazole rings is 1. The minimum atomic E-state index is 0.986. The predicted octanol–water partition coefficient (Wildman–Crippen LogP) is 1.46. The van der Waals surface area contributed by atoms with E-state index in [-0.39, 0.29) is 0 Å². The normalized spacial score (nSPS) is 9.00. The number of aromatic nitrogens is 2. The third kappa shape index (κ3) is 1.31. The van der Waals surface area contributed by atoms with Crippen LogP contribution in [0.3, 0.4) is 0 Å². The predicted molar refractivity (Wildman–Crippen MR) is 38.1 cm³/mol. The number of thiocarbonyl (C=S) groups is 1. The fourth-order valence-corrected chi connectivity index (χ4v) is 1.02. The monoisotopic (exact) mass is 144 g/mol. The summed E-state index contributed by atoms with van der Waals surface area (Å²) in [5, 5.41) is 0.986. The summed E-state index contributed by atoms with van der Waals surface area (Å²) < 4.78 is 1.59. The summed E-state index contributed by atoms with van der Waals surface area (Å²) in [6.45, 7) is 0. The Labute approximate surface area is 56.7 Å². The lowest BCUT2D eigenvalue weighted by atomic mass is 11.0. The third-order valence-electron chi connectivity index (χ3n) is 0.648. The van der Waals surface area contributed by atoms with Gasteiger partial charge in [-0.15, -0.1) is 0 Å². The van der Waals surface area contributed by atoms with Crippen molar-refractivity contribution in [3.63, 3.8) is 0 Å². The Balaban J connectivity index is 2.62. The van der Waals surface area contributed by atoms with E-state index < -0.39 is 0 Å². The minimum Gasteiger partial charge on any atom is -0.340 e. The molecule has 0 fully saturated rings. The van der Waals surface area contributed by atoms with Crippen LogP contribution in [-0.4, -0.2) is 14.7 Å². The van der Waals surface area contributed by atoms with Crippen molar-refractivity contribution in [1.82, 2.24) is 9.97 Å². The second-order valence-electron chi connectivity index (χ2n) is 1.13. The summed E-state index contributed by atoms with van der Waals surface area (Å²) in [6, 6.07) is 0. The molecular weight excluding hydrogens is 140 g/mol. The Morgan fingerprint density at radius 3 is 3.25 bits per heavy atom. The van der Waals surface area contributed by atoms with E-state index in [0.717, 1.165) is 5.03 Å². The van der Waals surface area contributed by atoms with Crippen molar-refractivity contribution in [2.24, 2.45) is 0 Å². The number of nitrogens with zero attached hydrogens (tertiary/aromatic N) is 1. The lowest BCUT2D eigenvalue weighted by Crippen LogP contribution is -1.63. The summed E-state index contributed by atoms with van der Waals surface area (Å²) in [7, 11) is 0. The molecule has 0 aliphatic rings. The molecule has 1 aromatic heterocycles. The van der Waals surface area contributed by atoms with Crippen molar-refractivity contribution in [1.29, 1.82) is 0 Å². The number of nitrogens with one attached hydrogen (secondary N) is 1. The van der Waals surface area contributed by atoms with E-state index in [1.54, 1.807) is 17.2 Å². The van der Waals surface area contributed by atoms with Crippen molar-refractivity contribution in [3.8, 4) is 0 Å². The van der Waals surface area contributed by atoms with Crippen molar-refractivity contribution in [2.75, 3.05) is 0 Å². The smallest absolute Gasteiger partial charge is 0.0970 e.